The van der Waals surface area contributed by atoms with Crippen LogP contribution in [0.3, 0.4) is 0 Å². The highest BCUT2D eigenvalue weighted by Gasteiger charge is 2.35. The minimum atomic E-state index is -1.13. The van der Waals surface area contributed by atoms with Gasteiger partial charge in [-0.1, -0.05) is 60.7 Å². The molecule has 3 rings (SSSR count). The van der Waals surface area contributed by atoms with Crippen molar-refractivity contribution in [2.24, 2.45) is 0 Å². The van der Waals surface area contributed by atoms with Crippen LogP contribution >= 0.6 is 0 Å². The lowest BCUT2D eigenvalue weighted by atomic mass is 10.1. The highest BCUT2D eigenvalue weighted by atomic mass is 16.5. The molecule has 1 aliphatic rings. The van der Waals surface area contributed by atoms with E-state index in [0.29, 0.717) is 0 Å². The lowest BCUT2D eigenvalue weighted by Gasteiger charge is -2.35. The van der Waals surface area contributed by atoms with Gasteiger partial charge in [-0.05, 0) is 11.1 Å². The van der Waals surface area contributed by atoms with E-state index in [1.165, 1.54) is 4.90 Å². The summed E-state index contributed by atoms with van der Waals surface area (Å²) in [4.78, 5) is 38.2. The molecule has 1 saturated heterocycles. The monoisotopic (exact) mass is 382 g/mol. The van der Waals surface area contributed by atoms with Crippen molar-refractivity contribution in [1.29, 1.82) is 0 Å². The van der Waals surface area contributed by atoms with Crippen LogP contribution in [-0.2, 0) is 32.1 Å². The smallest absolute Gasteiger partial charge is 0.326 e. The van der Waals surface area contributed by atoms with Gasteiger partial charge in [0, 0.05) is 13.0 Å². The van der Waals surface area contributed by atoms with Crippen LogP contribution in [-0.4, -0.2) is 53.1 Å². The molecule has 1 aliphatic heterocycles. The number of hydrogen-bond acceptors (Lipinski definition) is 4. The zero-order valence-corrected chi connectivity index (χ0v) is 15.3. The number of carboxylic acid groups (broad SMARTS) is 1. The van der Waals surface area contributed by atoms with Gasteiger partial charge in [-0.3, -0.25) is 9.59 Å². The van der Waals surface area contributed by atoms with Gasteiger partial charge in [0.1, 0.15) is 18.7 Å². The SMILES string of the molecule is O=C(N[C@@H](Cc1ccccc1)C(=O)O)C1COCC(=O)N1Cc1ccccc1. The maximum atomic E-state index is 12.8. The zero-order chi connectivity index (χ0) is 19.9. The molecule has 1 fully saturated rings. The molecule has 0 saturated carbocycles. The van der Waals surface area contributed by atoms with Crippen molar-refractivity contribution in [1.82, 2.24) is 10.2 Å². The van der Waals surface area contributed by atoms with Gasteiger partial charge in [-0.25, -0.2) is 4.79 Å². The van der Waals surface area contributed by atoms with Crippen molar-refractivity contribution in [2.45, 2.75) is 25.0 Å². The number of aliphatic carboxylic acids is 1. The van der Waals surface area contributed by atoms with Crippen molar-refractivity contribution in [3.63, 3.8) is 0 Å². The summed E-state index contributed by atoms with van der Waals surface area (Å²) in [6.45, 7) is 0.197. The van der Waals surface area contributed by atoms with Crippen LogP contribution in [0.25, 0.3) is 0 Å². The first kappa shape index (κ1) is 19.6. The molecule has 2 atom stereocenters. The second kappa shape index (κ2) is 9.14. The second-order valence-electron chi connectivity index (χ2n) is 6.63. The Labute approximate surface area is 162 Å². The van der Waals surface area contributed by atoms with Crippen LogP contribution < -0.4 is 5.32 Å². The van der Waals surface area contributed by atoms with E-state index >= 15 is 0 Å². The Morgan fingerprint density at radius 1 is 1.07 bits per heavy atom. The fourth-order valence-corrected chi connectivity index (χ4v) is 3.12. The Hall–Kier alpha value is -3.19. The predicted octanol–water partition coefficient (Wildman–Crippen LogP) is 1.23. The molecule has 0 spiro atoms. The van der Waals surface area contributed by atoms with Gasteiger partial charge in [0.25, 0.3) is 0 Å². The molecule has 146 valence electrons. The van der Waals surface area contributed by atoms with Gasteiger partial charge in [-0.2, -0.15) is 0 Å². The van der Waals surface area contributed by atoms with Crippen LogP contribution in [0, 0.1) is 0 Å². The van der Waals surface area contributed by atoms with E-state index in [0.717, 1.165) is 11.1 Å². The summed E-state index contributed by atoms with van der Waals surface area (Å²) in [5.74, 6) is -1.97. The summed E-state index contributed by atoms with van der Waals surface area (Å²) >= 11 is 0. The molecular formula is C21H22N2O5. The number of carbonyl (C=O) groups excluding carboxylic acids is 2. The third kappa shape index (κ3) is 4.95. The van der Waals surface area contributed by atoms with E-state index < -0.39 is 24.0 Å². The highest BCUT2D eigenvalue weighted by Crippen LogP contribution is 2.14. The van der Waals surface area contributed by atoms with Gasteiger partial charge in [-0.15, -0.1) is 0 Å². The number of hydrogen-bond donors (Lipinski definition) is 2. The number of nitrogens with one attached hydrogen (secondary N) is 1. The van der Waals surface area contributed by atoms with Crippen LogP contribution in [0.4, 0.5) is 0 Å². The number of amides is 2. The first-order valence-corrected chi connectivity index (χ1v) is 9.03. The van der Waals surface area contributed by atoms with Gasteiger partial charge < -0.3 is 20.1 Å². The fraction of sp³-hybridized carbons (Fsp3) is 0.286. The van der Waals surface area contributed by atoms with Gasteiger partial charge in [0.15, 0.2) is 0 Å². The molecule has 28 heavy (non-hydrogen) atoms. The molecule has 0 bridgehead atoms. The Morgan fingerprint density at radius 3 is 2.29 bits per heavy atom. The van der Waals surface area contributed by atoms with Crippen LogP contribution in [0.15, 0.2) is 60.7 Å². The summed E-state index contributed by atoms with van der Waals surface area (Å²) in [6.07, 6.45) is 0.155. The highest BCUT2D eigenvalue weighted by molar-refractivity contribution is 5.91. The number of benzene rings is 2. The molecular weight excluding hydrogens is 360 g/mol. The normalized spacial score (nSPS) is 17.8. The molecule has 0 radical (unpaired) electrons. The van der Waals surface area contributed by atoms with Gasteiger partial charge in [0.2, 0.25) is 11.8 Å². The van der Waals surface area contributed by atoms with Crippen molar-refractivity contribution >= 4 is 17.8 Å². The quantitative estimate of drug-likeness (QED) is 0.751. The Morgan fingerprint density at radius 2 is 1.68 bits per heavy atom. The third-order valence-electron chi connectivity index (χ3n) is 4.59. The summed E-state index contributed by atoms with van der Waals surface area (Å²) in [6, 6.07) is 16.4. The first-order chi connectivity index (χ1) is 13.5. The Bertz CT molecular complexity index is 825. The maximum absolute atomic E-state index is 12.8. The van der Waals surface area contributed by atoms with Crippen LogP contribution in [0.1, 0.15) is 11.1 Å². The molecule has 2 aromatic carbocycles. The minimum Gasteiger partial charge on any atom is -0.480 e. The predicted molar refractivity (Wildman–Crippen MR) is 101 cm³/mol. The number of morpholine rings is 1. The summed E-state index contributed by atoms with van der Waals surface area (Å²) in [7, 11) is 0. The summed E-state index contributed by atoms with van der Waals surface area (Å²) in [5.41, 5.74) is 1.68. The average molecular weight is 382 g/mol. The second-order valence-corrected chi connectivity index (χ2v) is 6.63. The molecule has 7 heteroatoms. The first-order valence-electron chi connectivity index (χ1n) is 9.03. The topological polar surface area (TPSA) is 95.9 Å². The molecule has 7 nitrogen and oxygen atoms in total. The molecule has 0 aromatic heterocycles. The number of nitrogens with zero attached hydrogens (tertiary/aromatic N) is 1. The van der Waals surface area contributed by atoms with Crippen molar-refractivity contribution in [2.75, 3.05) is 13.2 Å². The lowest BCUT2D eigenvalue weighted by molar-refractivity contribution is -0.156. The average Bonchev–Trinajstić information content (AvgIpc) is 2.70. The zero-order valence-electron chi connectivity index (χ0n) is 15.3. The lowest BCUT2D eigenvalue weighted by Crippen LogP contribution is -2.58. The van der Waals surface area contributed by atoms with E-state index in [9.17, 15) is 19.5 Å². The van der Waals surface area contributed by atoms with Crippen molar-refractivity contribution in [3.05, 3.63) is 71.8 Å². The molecule has 0 aliphatic carbocycles. The van der Waals surface area contributed by atoms with E-state index in [4.69, 9.17) is 4.74 Å². The largest absolute Gasteiger partial charge is 0.480 e. The minimum absolute atomic E-state index is 0.0298. The maximum Gasteiger partial charge on any atom is 0.326 e. The molecule has 1 heterocycles. The Kier molecular flexibility index (Phi) is 6.39. The fourth-order valence-electron chi connectivity index (χ4n) is 3.12. The van der Waals surface area contributed by atoms with E-state index in [-0.39, 0.29) is 32.1 Å². The van der Waals surface area contributed by atoms with Gasteiger partial charge in [0.05, 0.1) is 6.61 Å². The van der Waals surface area contributed by atoms with E-state index in [2.05, 4.69) is 5.32 Å². The number of carbonyl (C=O) groups is 3. The molecule has 1 unspecified atom stereocenters. The van der Waals surface area contributed by atoms with Crippen molar-refractivity contribution < 1.29 is 24.2 Å². The van der Waals surface area contributed by atoms with E-state index in [1.54, 1.807) is 12.1 Å². The molecule has 2 amide bonds. The number of rotatable bonds is 7. The third-order valence-corrected chi connectivity index (χ3v) is 4.59. The molecule has 2 aromatic rings. The molecule has 2 N–H and O–H groups in total. The number of ether oxygens (including phenoxy) is 1. The standard InChI is InChI=1S/C21H22N2O5/c24-19-14-28-13-18(23(19)12-16-9-5-2-6-10-16)20(25)22-17(21(26)27)11-15-7-3-1-4-8-15/h1-10,17-18H,11-14H2,(H,22,25)(H,26,27)/t17-,18?/m0/s1. The number of carboxylic acids is 1. The van der Waals surface area contributed by atoms with E-state index in [1.807, 2.05) is 48.5 Å². The Balaban J connectivity index is 1.72. The van der Waals surface area contributed by atoms with Gasteiger partial charge >= 0.3 is 5.97 Å². The summed E-state index contributed by atoms with van der Waals surface area (Å²) in [5, 5.41) is 12.1. The van der Waals surface area contributed by atoms with Crippen LogP contribution in [0.5, 0.6) is 0 Å². The summed E-state index contributed by atoms with van der Waals surface area (Å²) < 4.78 is 5.24. The van der Waals surface area contributed by atoms with Crippen molar-refractivity contribution in [3.8, 4) is 0 Å². The van der Waals surface area contributed by atoms with Crippen LogP contribution in [0.2, 0.25) is 0 Å².